The Balaban J connectivity index is 2.62. The van der Waals surface area contributed by atoms with Gasteiger partial charge >= 0.3 is 0 Å². The molecule has 0 aliphatic carbocycles. The summed E-state index contributed by atoms with van der Waals surface area (Å²) in [5.41, 5.74) is 8.82. The minimum atomic E-state index is -0.306. The van der Waals surface area contributed by atoms with Gasteiger partial charge in [0.25, 0.3) is 0 Å². The smallest absolute Gasteiger partial charge is 0.125 e. The quantitative estimate of drug-likeness (QED) is 0.834. The fourth-order valence-corrected chi connectivity index (χ4v) is 1.54. The second-order valence-electron chi connectivity index (χ2n) is 3.65. The average molecular weight is 220 g/mol. The number of aromatic nitrogens is 3. The van der Waals surface area contributed by atoms with E-state index in [1.54, 1.807) is 10.7 Å². The summed E-state index contributed by atoms with van der Waals surface area (Å²) in [5.74, 6) is -0.306. The molecule has 0 saturated heterocycles. The Morgan fingerprint density at radius 2 is 2.12 bits per heavy atom. The van der Waals surface area contributed by atoms with Gasteiger partial charge in [-0.05, 0) is 31.5 Å². The van der Waals surface area contributed by atoms with Crippen molar-refractivity contribution in [1.29, 1.82) is 0 Å². The molecule has 2 rings (SSSR count). The van der Waals surface area contributed by atoms with E-state index in [2.05, 4.69) is 10.3 Å². The Bertz CT molecular complexity index is 519. The molecule has 0 bridgehead atoms. The molecule has 4 nitrogen and oxygen atoms in total. The number of aryl methyl sites for hydroxylation is 1. The zero-order valence-corrected chi connectivity index (χ0v) is 9.24. The van der Waals surface area contributed by atoms with E-state index in [9.17, 15) is 4.39 Å². The lowest BCUT2D eigenvalue weighted by Crippen LogP contribution is -2.07. The van der Waals surface area contributed by atoms with Crippen molar-refractivity contribution in [1.82, 2.24) is 15.0 Å². The van der Waals surface area contributed by atoms with Gasteiger partial charge in [0.2, 0.25) is 0 Å². The highest BCUT2D eigenvalue weighted by Crippen LogP contribution is 2.17. The number of hydrogen-bond acceptors (Lipinski definition) is 3. The van der Waals surface area contributed by atoms with E-state index in [1.807, 2.05) is 13.8 Å². The molecule has 0 unspecified atom stereocenters. The number of hydrogen-bond donors (Lipinski definition) is 1. The molecular formula is C11H13FN4. The van der Waals surface area contributed by atoms with Gasteiger partial charge in [-0.15, -0.1) is 5.10 Å². The Hall–Kier alpha value is -1.75. The first kappa shape index (κ1) is 10.8. The standard InChI is InChI=1S/C11H13FN4/c1-7-8(2)16(15-14-7)11-5-10(12)4-3-9(11)6-13/h3-5H,6,13H2,1-2H3. The van der Waals surface area contributed by atoms with Gasteiger partial charge in [-0.1, -0.05) is 11.3 Å². The van der Waals surface area contributed by atoms with E-state index in [1.165, 1.54) is 12.1 Å². The molecule has 1 aromatic heterocycles. The summed E-state index contributed by atoms with van der Waals surface area (Å²) >= 11 is 0. The van der Waals surface area contributed by atoms with Crippen molar-refractivity contribution in [3.63, 3.8) is 0 Å². The fraction of sp³-hybridized carbons (Fsp3) is 0.273. The fourth-order valence-electron chi connectivity index (χ4n) is 1.54. The van der Waals surface area contributed by atoms with Gasteiger partial charge in [-0.25, -0.2) is 9.07 Å². The third-order valence-electron chi connectivity index (χ3n) is 2.62. The Morgan fingerprint density at radius 3 is 2.69 bits per heavy atom. The van der Waals surface area contributed by atoms with E-state index >= 15 is 0 Å². The third kappa shape index (κ3) is 1.69. The second-order valence-corrected chi connectivity index (χ2v) is 3.65. The van der Waals surface area contributed by atoms with Crippen LogP contribution in [0.4, 0.5) is 4.39 Å². The topological polar surface area (TPSA) is 56.7 Å². The predicted octanol–water partition coefficient (Wildman–Crippen LogP) is 1.48. The first-order valence-corrected chi connectivity index (χ1v) is 5.01. The predicted molar refractivity (Wildman–Crippen MR) is 58.7 cm³/mol. The molecule has 84 valence electrons. The van der Waals surface area contributed by atoms with Crippen LogP contribution in [0.25, 0.3) is 5.69 Å². The number of nitrogens with two attached hydrogens (primary N) is 1. The van der Waals surface area contributed by atoms with Crippen molar-refractivity contribution in [3.8, 4) is 5.69 Å². The van der Waals surface area contributed by atoms with Crippen LogP contribution in [0.3, 0.4) is 0 Å². The lowest BCUT2D eigenvalue weighted by molar-refractivity contribution is 0.623. The maximum atomic E-state index is 13.2. The van der Waals surface area contributed by atoms with Crippen LogP contribution in [0.5, 0.6) is 0 Å². The molecule has 0 spiro atoms. The maximum absolute atomic E-state index is 13.2. The molecule has 0 radical (unpaired) electrons. The molecule has 0 saturated carbocycles. The van der Waals surface area contributed by atoms with Gasteiger partial charge in [0.05, 0.1) is 17.1 Å². The number of halogens is 1. The number of rotatable bonds is 2. The van der Waals surface area contributed by atoms with E-state index in [0.29, 0.717) is 12.2 Å². The van der Waals surface area contributed by atoms with E-state index in [0.717, 1.165) is 17.0 Å². The van der Waals surface area contributed by atoms with Gasteiger partial charge in [-0.3, -0.25) is 0 Å². The van der Waals surface area contributed by atoms with Crippen LogP contribution < -0.4 is 5.73 Å². The van der Waals surface area contributed by atoms with Crippen molar-refractivity contribution in [3.05, 3.63) is 41.0 Å². The summed E-state index contributed by atoms with van der Waals surface area (Å²) in [6.45, 7) is 4.09. The van der Waals surface area contributed by atoms with Gasteiger partial charge in [0, 0.05) is 6.54 Å². The SMILES string of the molecule is Cc1nnn(-c2cc(F)ccc2CN)c1C. The molecule has 1 aromatic carbocycles. The van der Waals surface area contributed by atoms with Crippen molar-refractivity contribution >= 4 is 0 Å². The monoisotopic (exact) mass is 220 g/mol. The molecule has 2 aromatic rings. The lowest BCUT2D eigenvalue weighted by Gasteiger charge is -2.08. The lowest BCUT2D eigenvalue weighted by atomic mass is 10.1. The van der Waals surface area contributed by atoms with Crippen LogP contribution in [0.1, 0.15) is 17.0 Å². The van der Waals surface area contributed by atoms with Crippen LogP contribution in [-0.2, 0) is 6.54 Å². The highest BCUT2D eigenvalue weighted by Gasteiger charge is 2.10. The summed E-state index contributed by atoms with van der Waals surface area (Å²) in [4.78, 5) is 0. The van der Waals surface area contributed by atoms with Crippen molar-refractivity contribution in [2.45, 2.75) is 20.4 Å². The van der Waals surface area contributed by atoms with Crippen molar-refractivity contribution in [2.24, 2.45) is 5.73 Å². The van der Waals surface area contributed by atoms with Crippen LogP contribution >= 0.6 is 0 Å². The number of benzene rings is 1. The van der Waals surface area contributed by atoms with Crippen LogP contribution in [0.15, 0.2) is 18.2 Å². The van der Waals surface area contributed by atoms with Crippen molar-refractivity contribution < 1.29 is 4.39 Å². The van der Waals surface area contributed by atoms with Gasteiger partial charge < -0.3 is 5.73 Å². The summed E-state index contributed by atoms with van der Waals surface area (Å²) < 4.78 is 14.8. The van der Waals surface area contributed by atoms with Crippen molar-refractivity contribution in [2.75, 3.05) is 0 Å². The number of nitrogens with zero attached hydrogens (tertiary/aromatic N) is 3. The molecule has 0 aliphatic heterocycles. The zero-order valence-electron chi connectivity index (χ0n) is 9.24. The van der Waals surface area contributed by atoms with Gasteiger partial charge in [0.1, 0.15) is 5.82 Å². The van der Waals surface area contributed by atoms with Gasteiger partial charge in [-0.2, -0.15) is 0 Å². The summed E-state index contributed by atoms with van der Waals surface area (Å²) in [7, 11) is 0. The molecule has 0 aliphatic rings. The third-order valence-corrected chi connectivity index (χ3v) is 2.62. The van der Waals surface area contributed by atoms with E-state index in [4.69, 9.17) is 5.73 Å². The summed E-state index contributed by atoms with van der Waals surface area (Å²) in [5, 5.41) is 7.93. The van der Waals surface area contributed by atoms with Gasteiger partial charge in [0.15, 0.2) is 0 Å². The highest BCUT2D eigenvalue weighted by molar-refractivity contribution is 5.42. The average Bonchev–Trinajstić information content (AvgIpc) is 2.60. The molecule has 5 heteroatoms. The molecule has 0 amide bonds. The Morgan fingerprint density at radius 1 is 1.38 bits per heavy atom. The summed E-state index contributed by atoms with van der Waals surface area (Å²) in [6.07, 6.45) is 0. The molecule has 2 N–H and O–H groups in total. The van der Waals surface area contributed by atoms with Crippen LogP contribution in [0, 0.1) is 19.7 Å². The minimum Gasteiger partial charge on any atom is -0.326 e. The Kier molecular flexibility index (Phi) is 2.70. The first-order valence-electron chi connectivity index (χ1n) is 5.01. The molecule has 0 atom stereocenters. The Labute approximate surface area is 92.9 Å². The highest BCUT2D eigenvalue weighted by atomic mass is 19.1. The molecule has 16 heavy (non-hydrogen) atoms. The minimum absolute atomic E-state index is 0.306. The molecule has 0 fully saturated rings. The van der Waals surface area contributed by atoms with E-state index in [-0.39, 0.29) is 5.82 Å². The summed E-state index contributed by atoms with van der Waals surface area (Å²) in [6, 6.07) is 4.48. The first-order chi connectivity index (χ1) is 7.63. The largest absolute Gasteiger partial charge is 0.326 e. The molecular weight excluding hydrogens is 207 g/mol. The van der Waals surface area contributed by atoms with Crippen LogP contribution in [-0.4, -0.2) is 15.0 Å². The molecule has 1 heterocycles. The maximum Gasteiger partial charge on any atom is 0.125 e. The zero-order chi connectivity index (χ0) is 11.7. The van der Waals surface area contributed by atoms with E-state index < -0.39 is 0 Å². The van der Waals surface area contributed by atoms with Crippen LogP contribution in [0.2, 0.25) is 0 Å². The second kappa shape index (κ2) is 4.02. The normalized spacial score (nSPS) is 10.8.